The Balaban J connectivity index is 1.65. The number of thiazole rings is 1. The Bertz CT molecular complexity index is 1350. The van der Waals surface area contributed by atoms with Gasteiger partial charge in [0.05, 0.1) is 25.3 Å². The molecule has 4 aromatic rings. The number of morpholine rings is 1. The van der Waals surface area contributed by atoms with Gasteiger partial charge in [0.15, 0.2) is 5.13 Å². The zero-order chi connectivity index (χ0) is 23.0. The third-order valence-corrected chi connectivity index (χ3v) is 6.57. The fraction of sp³-hybridized carbons (Fsp3) is 0.261. The molecule has 170 valence electrons. The molecule has 0 aliphatic carbocycles. The highest BCUT2D eigenvalue weighted by Gasteiger charge is 2.30. The average molecular weight is 472 g/mol. The lowest BCUT2D eigenvalue weighted by molar-refractivity contribution is -0.137. The largest absolute Gasteiger partial charge is 0.416 e. The van der Waals surface area contributed by atoms with Crippen LogP contribution in [0.4, 0.5) is 18.3 Å². The van der Waals surface area contributed by atoms with Gasteiger partial charge >= 0.3 is 11.9 Å². The maximum atomic E-state index is 13.2. The van der Waals surface area contributed by atoms with Crippen molar-refractivity contribution in [2.24, 2.45) is 0 Å². The van der Waals surface area contributed by atoms with E-state index in [1.807, 2.05) is 30.3 Å². The molecule has 10 heteroatoms. The van der Waals surface area contributed by atoms with Gasteiger partial charge < -0.3 is 9.64 Å². The molecule has 6 nitrogen and oxygen atoms in total. The van der Waals surface area contributed by atoms with Crippen LogP contribution in [0.2, 0.25) is 0 Å². The molecule has 0 radical (unpaired) electrons. The van der Waals surface area contributed by atoms with E-state index >= 15 is 0 Å². The van der Waals surface area contributed by atoms with Crippen molar-refractivity contribution in [2.45, 2.75) is 12.7 Å². The molecular weight excluding hydrogens is 453 g/mol. The molecule has 1 aliphatic heterocycles. The van der Waals surface area contributed by atoms with Gasteiger partial charge in [-0.15, -0.1) is 0 Å². The topological polar surface area (TPSA) is 60.3 Å². The highest BCUT2D eigenvalue weighted by atomic mass is 32.1. The molecule has 0 amide bonds. The third-order valence-electron chi connectivity index (χ3n) is 5.43. The number of alkyl halides is 3. The first-order valence-corrected chi connectivity index (χ1v) is 11.2. The minimum atomic E-state index is -4.46. The zero-order valence-electron chi connectivity index (χ0n) is 17.4. The Kier molecular flexibility index (Phi) is 5.63. The van der Waals surface area contributed by atoms with Crippen LogP contribution in [0.3, 0.4) is 0 Å². The first-order chi connectivity index (χ1) is 15.9. The van der Waals surface area contributed by atoms with Gasteiger partial charge in [0.2, 0.25) is 0 Å². The summed E-state index contributed by atoms with van der Waals surface area (Å²) >= 11 is 1.34. The summed E-state index contributed by atoms with van der Waals surface area (Å²) in [4.78, 5) is 24.8. The number of anilines is 1. The molecule has 1 aliphatic rings. The van der Waals surface area contributed by atoms with E-state index in [2.05, 4.69) is 9.88 Å². The lowest BCUT2D eigenvalue weighted by Gasteiger charge is -2.25. The van der Waals surface area contributed by atoms with Crippen molar-refractivity contribution in [3.05, 3.63) is 76.2 Å². The average Bonchev–Trinajstić information content (AvgIpc) is 3.27. The molecule has 0 N–H and O–H groups in total. The SMILES string of the molecule is O=c1nc(-c2ccccc2)c2nc(N3CCOCC3)sc2n1Cc1cccc(C(F)(F)F)c1. The number of hydrogen-bond donors (Lipinski definition) is 0. The van der Waals surface area contributed by atoms with Gasteiger partial charge in [0, 0.05) is 18.7 Å². The number of halogens is 3. The fourth-order valence-electron chi connectivity index (χ4n) is 3.79. The maximum Gasteiger partial charge on any atom is 0.416 e. The Hall–Kier alpha value is -3.24. The van der Waals surface area contributed by atoms with Crippen LogP contribution >= 0.6 is 11.3 Å². The van der Waals surface area contributed by atoms with E-state index < -0.39 is 17.4 Å². The van der Waals surface area contributed by atoms with E-state index in [-0.39, 0.29) is 6.54 Å². The van der Waals surface area contributed by atoms with Gasteiger partial charge in [-0.2, -0.15) is 18.2 Å². The van der Waals surface area contributed by atoms with E-state index in [0.29, 0.717) is 47.9 Å². The molecule has 3 heterocycles. The van der Waals surface area contributed by atoms with Crippen molar-refractivity contribution in [3.8, 4) is 11.3 Å². The standard InChI is InChI=1S/C23H19F3N4O2S/c24-23(25,26)17-8-4-5-15(13-17)14-30-20-19(28-22(33-20)29-9-11-32-12-10-29)18(27-21(30)31)16-6-2-1-3-7-16/h1-8,13H,9-12,14H2. The van der Waals surface area contributed by atoms with Crippen molar-refractivity contribution in [1.29, 1.82) is 0 Å². The molecule has 0 unspecified atom stereocenters. The highest BCUT2D eigenvalue weighted by Crippen LogP contribution is 2.34. The summed E-state index contributed by atoms with van der Waals surface area (Å²) in [7, 11) is 0. The lowest BCUT2D eigenvalue weighted by atomic mass is 10.1. The zero-order valence-corrected chi connectivity index (χ0v) is 18.2. The normalized spacial score (nSPS) is 14.7. The monoisotopic (exact) mass is 472 g/mol. The van der Waals surface area contributed by atoms with Gasteiger partial charge in [-0.25, -0.2) is 9.78 Å². The van der Waals surface area contributed by atoms with Gasteiger partial charge in [-0.3, -0.25) is 4.57 Å². The molecule has 0 saturated carbocycles. The summed E-state index contributed by atoms with van der Waals surface area (Å²) in [6, 6.07) is 14.3. The molecule has 2 aromatic heterocycles. The minimum absolute atomic E-state index is 0.0356. The molecule has 5 rings (SSSR count). The van der Waals surface area contributed by atoms with E-state index in [1.54, 1.807) is 6.07 Å². The van der Waals surface area contributed by atoms with Crippen LogP contribution in [-0.4, -0.2) is 40.8 Å². The molecule has 2 aromatic carbocycles. The first-order valence-electron chi connectivity index (χ1n) is 10.4. The summed E-state index contributed by atoms with van der Waals surface area (Å²) in [5.74, 6) is 0. The Labute approximate surface area is 190 Å². The number of ether oxygens (including phenoxy) is 1. The van der Waals surface area contributed by atoms with Crippen LogP contribution in [0.5, 0.6) is 0 Å². The number of hydrogen-bond acceptors (Lipinski definition) is 6. The number of fused-ring (bicyclic) bond motifs is 1. The predicted molar refractivity (Wildman–Crippen MR) is 121 cm³/mol. The van der Waals surface area contributed by atoms with Gasteiger partial charge in [0.25, 0.3) is 0 Å². The minimum Gasteiger partial charge on any atom is -0.378 e. The van der Waals surface area contributed by atoms with Crippen LogP contribution in [0, 0.1) is 0 Å². The number of aromatic nitrogens is 3. The number of nitrogens with zero attached hydrogens (tertiary/aromatic N) is 4. The number of rotatable bonds is 4. The molecule has 1 fully saturated rings. The summed E-state index contributed by atoms with van der Waals surface area (Å²) in [5, 5.41) is 0.732. The first kappa shape index (κ1) is 21.6. The van der Waals surface area contributed by atoms with E-state index in [4.69, 9.17) is 9.72 Å². The summed E-state index contributed by atoms with van der Waals surface area (Å²) in [6.07, 6.45) is -4.46. The molecule has 1 saturated heterocycles. The van der Waals surface area contributed by atoms with Crippen molar-refractivity contribution in [2.75, 3.05) is 31.2 Å². The summed E-state index contributed by atoms with van der Waals surface area (Å²) in [6.45, 7) is 2.47. The molecule has 0 bridgehead atoms. The van der Waals surface area contributed by atoms with E-state index in [9.17, 15) is 18.0 Å². The number of benzene rings is 2. The lowest BCUT2D eigenvalue weighted by Crippen LogP contribution is -2.36. The second-order valence-corrected chi connectivity index (χ2v) is 8.60. The van der Waals surface area contributed by atoms with Gasteiger partial charge in [-0.05, 0) is 17.7 Å². The van der Waals surface area contributed by atoms with Crippen LogP contribution in [0.25, 0.3) is 21.6 Å². The molecule has 0 atom stereocenters. The second kappa shape index (κ2) is 8.60. The van der Waals surface area contributed by atoms with Crippen LogP contribution in [0.1, 0.15) is 11.1 Å². The smallest absolute Gasteiger partial charge is 0.378 e. The van der Waals surface area contributed by atoms with Gasteiger partial charge in [0.1, 0.15) is 16.0 Å². The van der Waals surface area contributed by atoms with Crippen molar-refractivity contribution >= 4 is 26.8 Å². The van der Waals surface area contributed by atoms with E-state index in [0.717, 1.165) is 22.8 Å². The quantitative estimate of drug-likeness (QED) is 0.440. The second-order valence-electron chi connectivity index (χ2n) is 7.64. The van der Waals surface area contributed by atoms with Crippen LogP contribution < -0.4 is 10.6 Å². The fourth-order valence-corrected chi connectivity index (χ4v) is 4.90. The summed E-state index contributed by atoms with van der Waals surface area (Å²) in [5.41, 5.74) is 0.854. The van der Waals surface area contributed by atoms with Crippen molar-refractivity contribution in [1.82, 2.24) is 14.5 Å². The van der Waals surface area contributed by atoms with Crippen LogP contribution in [-0.2, 0) is 17.5 Å². The Morgan fingerprint density at radius 1 is 1.00 bits per heavy atom. The molecular formula is C23H19F3N4O2S. The Morgan fingerprint density at radius 3 is 2.48 bits per heavy atom. The summed E-state index contributed by atoms with van der Waals surface area (Å²) < 4.78 is 46.4. The third kappa shape index (κ3) is 4.36. The predicted octanol–water partition coefficient (Wildman–Crippen LogP) is 4.42. The van der Waals surface area contributed by atoms with Crippen molar-refractivity contribution < 1.29 is 17.9 Å². The molecule has 0 spiro atoms. The highest BCUT2D eigenvalue weighted by molar-refractivity contribution is 7.22. The van der Waals surface area contributed by atoms with E-state index in [1.165, 1.54) is 22.0 Å². The Morgan fingerprint density at radius 2 is 1.76 bits per heavy atom. The van der Waals surface area contributed by atoms with Gasteiger partial charge in [-0.1, -0.05) is 53.8 Å². The van der Waals surface area contributed by atoms with Crippen molar-refractivity contribution in [3.63, 3.8) is 0 Å². The maximum absolute atomic E-state index is 13.2. The van der Waals surface area contributed by atoms with Crippen LogP contribution in [0.15, 0.2) is 59.4 Å². The molecule has 33 heavy (non-hydrogen) atoms.